The predicted molar refractivity (Wildman–Crippen MR) is 223 cm³/mol. The monoisotopic (exact) mass is 756 g/mol. The van der Waals surface area contributed by atoms with Gasteiger partial charge in [0.25, 0.3) is 0 Å². The van der Waals surface area contributed by atoms with Crippen LogP contribution >= 0.6 is 0 Å². The lowest BCUT2D eigenvalue weighted by Crippen LogP contribution is -2.49. The number of hydrogen-bond acceptors (Lipinski definition) is 5. The van der Waals surface area contributed by atoms with Crippen LogP contribution in [0.2, 0.25) is 36.3 Å². The lowest BCUT2D eigenvalue weighted by Gasteiger charge is -2.45. The molecule has 4 rings (SSSR count). The van der Waals surface area contributed by atoms with Gasteiger partial charge in [-0.1, -0.05) is 91.8 Å². The van der Waals surface area contributed by atoms with Gasteiger partial charge in [-0.05, 0) is 136 Å². The van der Waals surface area contributed by atoms with Crippen molar-refractivity contribution >= 4 is 22.7 Å². The molecule has 4 aliphatic rings. The summed E-state index contributed by atoms with van der Waals surface area (Å²) in [6.45, 7) is 38.0. The number of rotatable bonds is 12. The zero-order chi connectivity index (χ0) is 39.1. The van der Waals surface area contributed by atoms with E-state index in [1.54, 1.807) is 10.5 Å². The van der Waals surface area contributed by atoms with Gasteiger partial charge < -0.3 is 23.6 Å². The number of hydrogen-bond donors (Lipinski definition) is 1. The number of allylic oxidation sites excluding steroid dienone is 4. The Kier molecular flexibility index (Phi) is 13.3. The fourth-order valence-electron chi connectivity index (χ4n) is 8.80. The van der Waals surface area contributed by atoms with Gasteiger partial charge in [-0.25, -0.2) is 4.79 Å². The molecule has 3 unspecified atom stereocenters. The zero-order valence-corrected chi connectivity index (χ0v) is 37.8. The van der Waals surface area contributed by atoms with E-state index in [1.165, 1.54) is 31.3 Å². The molecule has 0 aromatic rings. The van der Waals surface area contributed by atoms with E-state index in [9.17, 15) is 9.90 Å². The predicted octanol–water partition coefficient (Wildman–Crippen LogP) is 11.8. The summed E-state index contributed by atoms with van der Waals surface area (Å²) in [4.78, 5) is 14.4. The first kappa shape index (κ1) is 43.3. The molecule has 52 heavy (non-hydrogen) atoms. The van der Waals surface area contributed by atoms with Crippen molar-refractivity contribution in [1.29, 1.82) is 0 Å². The summed E-state index contributed by atoms with van der Waals surface area (Å²) in [5.41, 5.74) is 3.48. The van der Waals surface area contributed by atoms with Gasteiger partial charge in [0.2, 0.25) is 0 Å². The first-order valence-corrected chi connectivity index (χ1v) is 26.5. The molecule has 0 spiro atoms. The van der Waals surface area contributed by atoms with Gasteiger partial charge >= 0.3 is 6.09 Å². The van der Waals surface area contributed by atoms with E-state index in [0.29, 0.717) is 43.7 Å². The number of fused-ring (bicyclic) bond motifs is 1. The van der Waals surface area contributed by atoms with Gasteiger partial charge in [-0.15, -0.1) is 0 Å². The van der Waals surface area contributed by atoms with Gasteiger partial charge in [-0.3, -0.25) is 0 Å². The molecule has 296 valence electrons. The van der Waals surface area contributed by atoms with E-state index in [4.69, 9.17) is 13.6 Å². The molecule has 1 N–H and O–H groups in total. The number of nitrogens with zero attached hydrogens (tertiary/aromatic N) is 1. The Balaban J connectivity index is 1.52. The summed E-state index contributed by atoms with van der Waals surface area (Å²) < 4.78 is 20.1. The highest BCUT2D eigenvalue weighted by molar-refractivity contribution is 6.74. The maximum Gasteiger partial charge on any atom is 0.410 e. The van der Waals surface area contributed by atoms with Gasteiger partial charge in [0.15, 0.2) is 16.6 Å². The Morgan fingerprint density at radius 3 is 2.12 bits per heavy atom. The second-order valence-corrected chi connectivity index (χ2v) is 29.7. The lowest BCUT2D eigenvalue weighted by atomic mass is 9.61. The molecule has 0 saturated heterocycles. The fourth-order valence-corrected chi connectivity index (χ4v) is 11.5. The minimum atomic E-state index is -2.02. The largest absolute Gasteiger partial charge is 0.440 e. The molecule has 0 aromatic carbocycles. The number of carbonyl (C=O) groups is 1. The Morgan fingerprint density at radius 2 is 1.56 bits per heavy atom. The minimum absolute atomic E-state index is 0.0138. The van der Waals surface area contributed by atoms with Gasteiger partial charge in [0.1, 0.15) is 11.7 Å². The van der Waals surface area contributed by atoms with Crippen molar-refractivity contribution in [3.05, 3.63) is 47.6 Å². The van der Waals surface area contributed by atoms with E-state index in [1.807, 2.05) is 19.9 Å². The zero-order valence-electron chi connectivity index (χ0n) is 35.8. The average molecular weight is 756 g/mol. The van der Waals surface area contributed by atoms with E-state index in [-0.39, 0.29) is 33.8 Å². The summed E-state index contributed by atoms with van der Waals surface area (Å²) in [6.07, 6.45) is 17.2. The molecule has 4 fully saturated rings. The second-order valence-electron chi connectivity index (χ2n) is 20.2. The molecule has 0 radical (unpaired) electrons. The third-order valence-corrected chi connectivity index (χ3v) is 23.6. The van der Waals surface area contributed by atoms with Crippen molar-refractivity contribution in [2.75, 3.05) is 13.1 Å². The Morgan fingerprint density at radius 1 is 0.962 bits per heavy atom. The SMILES string of the molecule is C=C1/C(=C/C=C2\CCC[C@]3(C)[C@@H]([C@H](C)/C=C/C(O)C4(OC(=O)N(CC)CC)CC4)CC[C@@H]23)CC(O[Si](C)(C)C(C)(C)C)CC1O[Si](C)(C)C(C)(C)C. The van der Waals surface area contributed by atoms with Gasteiger partial charge in [-0.2, -0.15) is 0 Å². The second kappa shape index (κ2) is 16.0. The molecule has 1 amide bonds. The van der Waals surface area contributed by atoms with Crippen LogP contribution in [0.1, 0.15) is 127 Å². The summed E-state index contributed by atoms with van der Waals surface area (Å²) >= 11 is 0. The quantitative estimate of drug-likeness (QED) is 0.159. The van der Waals surface area contributed by atoms with Crippen molar-refractivity contribution in [3.8, 4) is 0 Å². The normalized spacial score (nSPS) is 31.2. The van der Waals surface area contributed by atoms with Crippen molar-refractivity contribution in [3.63, 3.8) is 0 Å². The Hall–Kier alpha value is -1.46. The Labute approximate surface area is 321 Å². The number of aliphatic hydroxyl groups excluding tert-OH is 1. The molecule has 0 aromatic heterocycles. The van der Waals surface area contributed by atoms with E-state index in [0.717, 1.165) is 24.8 Å². The third-order valence-electron chi connectivity index (χ3n) is 14.6. The highest BCUT2D eigenvalue weighted by atomic mass is 28.4. The molecule has 7 atom stereocenters. The van der Waals surface area contributed by atoms with Crippen LogP contribution in [0.5, 0.6) is 0 Å². The average Bonchev–Trinajstić information content (AvgIpc) is 3.72. The van der Waals surface area contributed by atoms with Crippen LogP contribution in [0.15, 0.2) is 47.6 Å². The Bertz CT molecular complexity index is 1380. The van der Waals surface area contributed by atoms with E-state index >= 15 is 0 Å². The lowest BCUT2D eigenvalue weighted by molar-refractivity contribution is -0.00849. The smallest absolute Gasteiger partial charge is 0.410 e. The number of carbonyl (C=O) groups excluding carboxylic acids is 1. The summed E-state index contributed by atoms with van der Waals surface area (Å²) in [5, 5.41) is 11.5. The molecule has 0 bridgehead atoms. The van der Waals surface area contributed by atoms with Crippen LogP contribution in [0.4, 0.5) is 4.79 Å². The molecule has 6 nitrogen and oxygen atoms in total. The maximum atomic E-state index is 12.7. The van der Waals surface area contributed by atoms with Crippen LogP contribution in [0.25, 0.3) is 0 Å². The third kappa shape index (κ3) is 9.31. The van der Waals surface area contributed by atoms with E-state index in [2.05, 4.69) is 106 Å². The number of amides is 1. The van der Waals surface area contributed by atoms with Crippen molar-refractivity contribution in [2.24, 2.45) is 23.2 Å². The van der Waals surface area contributed by atoms with Crippen LogP contribution in [-0.4, -0.2) is 69.7 Å². The maximum absolute atomic E-state index is 12.7. The molecule has 4 saturated carbocycles. The van der Waals surface area contributed by atoms with Crippen molar-refractivity contribution < 1.29 is 23.5 Å². The van der Waals surface area contributed by atoms with Crippen LogP contribution in [-0.2, 0) is 13.6 Å². The van der Waals surface area contributed by atoms with Crippen LogP contribution in [0.3, 0.4) is 0 Å². The highest BCUT2D eigenvalue weighted by Gasteiger charge is 2.54. The van der Waals surface area contributed by atoms with E-state index < -0.39 is 28.3 Å². The van der Waals surface area contributed by atoms with Crippen molar-refractivity contribution in [1.82, 2.24) is 4.90 Å². The molecule has 0 aliphatic heterocycles. The van der Waals surface area contributed by atoms with Crippen LogP contribution in [0, 0.1) is 23.2 Å². The molecule has 8 heteroatoms. The molecule has 0 heterocycles. The van der Waals surface area contributed by atoms with Gasteiger partial charge in [0, 0.05) is 19.5 Å². The minimum Gasteiger partial charge on any atom is -0.440 e. The summed E-state index contributed by atoms with van der Waals surface area (Å²) in [6, 6.07) is 0. The summed E-state index contributed by atoms with van der Waals surface area (Å²) in [7, 11) is -3.99. The fraction of sp³-hybridized carbons (Fsp3) is 0.795. The molecule has 4 aliphatic carbocycles. The number of aliphatic hydroxyl groups is 1. The topological polar surface area (TPSA) is 68.2 Å². The summed E-state index contributed by atoms with van der Waals surface area (Å²) in [5.74, 6) is 1.43. The van der Waals surface area contributed by atoms with Crippen molar-refractivity contribution in [2.45, 2.75) is 187 Å². The highest BCUT2D eigenvalue weighted by Crippen LogP contribution is 2.60. The van der Waals surface area contributed by atoms with Crippen LogP contribution < -0.4 is 0 Å². The number of ether oxygens (including phenoxy) is 1. The standard InChI is InChI=1S/C44H77NO5Si2/c1-16-45(17-2)40(47)48-44(27-28-44)39(46)25-20-31(3)36-23-24-37-33(19-18-26-43(36,37)11)21-22-34-29-35(49-51(12,13)41(5,6)7)30-38(32(34)4)50-52(14,15)42(8,9)10/h20-22,25,31,35-39,46H,4,16-19,23-24,26-30H2,1-3,5-15H3/b25-20+,33-21+,34-22+/t31-,35?,36-,37+,38?,39?,43-/m1/s1. The first-order chi connectivity index (χ1) is 23.9. The molecular formula is C44H77NO5Si2. The first-order valence-electron chi connectivity index (χ1n) is 20.7. The molecular weight excluding hydrogens is 679 g/mol. The van der Waals surface area contributed by atoms with Gasteiger partial charge in [0.05, 0.1) is 12.2 Å².